The van der Waals surface area contributed by atoms with Crippen molar-refractivity contribution in [3.05, 3.63) is 95.4 Å². The summed E-state index contributed by atoms with van der Waals surface area (Å²) >= 11 is 1.52. The van der Waals surface area contributed by atoms with Crippen molar-refractivity contribution in [1.82, 2.24) is 4.98 Å². The average molecular weight is 385 g/mol. The summed E-state index contributed by atoms with van der Waals surface area (Å²) in [5.41, 5.74) is 8.93. The Balaban J connectivity index is 1.54. The van der Waals surface area contributed by atoms with Crippen molar-refractivity contribution in [2.24, 2.45) is 5.10 Å². The molecule has 28 heavy (non-hydrogen) atoms. The molecule has 138 valence electrons. The summed E-state index contributed by atoms with van der Waals surface area (Å²) in [7, 11) is 0. The summed E-state index contributed by atoms with van der Waals surface area (Å²) in [4.78, 5) is 4.58. The highest BCUT2D eigenvalue weighted by Gasteiger charge is 2.07. The van der Waals surface area contributed by atoms with Crippen LogP contribution in [0.5, 0.6) is 0 Å². The van der Waals surface area contributed by atoms with Crippen LogP contribution in [0.15, 0.2) is 89.3 Å². The first kappa shape index (κ1) is 18.1. The van der Waals surface area contributed by atoms with Gasteiger partial charge in [-0.15, -0.1) is 11.3 Å². The van der Waals surface area contributed by atoms with E-state index in [1.165, 1.54) is 11.3 Å². The smallest absolute Gasteiger partial charge is 0.203 e. The van der Waals surface area contributed by atoms with E-state index < -0.39 is 0 Å². The molecule has 2 N–H and O–H groups in total. The molecular formula is C23H19N3OS. The third-order valence-corrected chi connectivity index (χ3v) is 5.12. The van der Waals surface area contributed by atoms with E-state index in [1.807, 2.05) is 84.2 Å². The van der Waals surface area contributed by atoms with E-state index in [4.69, 9.17) is 0 Å². The normalized spacial score (nSPS) is 11.0. The van der Waals surface area contributed by atoms with E-state index in [0.717, 1.165) is 38.6 Å². The highest BCUT2D eigenvalue weighted by Crippen LogP contribution is 2.27. The minimum Gasteiger partial charge on any atom is -0.392 e. The number of nitrogens with one attached hydrogen (secondary N) is 1. The number of hydrazone groups is 1. The maximum absolute atomic E-state index is 9.64. The van der Waals surface area contributed by atoms with Gasteiger partial charge in [-0.25, -0.2) is 4.98 Å². The molecule has 3 aromatic carbocycles. The molecule has 0 amide bonds. The lowest BCUT2D eigenvalue weighted by Gasteiger charge is -2.10. The van der Waals surface area contributed by atoms with Gasteiger partial charge >= 0.3 is 0 Å². The van der Waals surface area contributed by atoms with Crippen molar-refractivity contribution in [2.75, 3.05) is 5.43 Å². The molecule has 1 heterocycles. The van der Waals surface area contributed by atoms with Crippen LogP contribution in [-0.2, 0) is 6.61 Å². The van der Waals surface area contributed by atoms with Gasteiger partial charge < -0.3 is 5.11 Å². The molecule has 4 aromatic rings. The minimum atomic E-state index is 0.00127. The van der Waals surface area contributed by atoms with Crippen LogP contribution in [0.4, 0.5) is 5.13 Å². The van der Waals surface area contributed by atoms with Crippen LogP contribution in [0.25, 0.3) is 22.4 Å². The number of thiazole rings is 1. The molecule has 0 bridgehead atoms. The van der Waals surface area contributed by atoms with Crippen LogP contribution in [-0.4, -0.2) is 16.3 Å². The first-order valence-electron chi connectivity index (χ1n) is 8.93. The van der Waals surface area contributed by atoms with Crippen molar-refractivity contribution >= 4 is 22.7 Å². The SMILES string of the molecule is OCc1ccccc1-c1ccccc1C=NNc1nc(-c2ccccc2)cs1. The maximum atomic E-state index is 9.64. The molecule has 0 aliphatic heterocycles. The van der Waals surface area contributed by atoms with Crippen LogP contribution in [0, 0.1) is 0 Å². The first-order valence-corrected chi connectivity index (χ1v) is 9.81. The van der Waals surface area contributed by atoms with E-state index >= 15 is 0 Å². The lowest BCUT2D eigenvalue weighted by molar-refractivity contribution is 0.282. The van der Waals surface area contributed by atoms with Gasteiger partial charge in [0.1, 0.15) is 0 Å². The number of rotatable bonds is 6. The van der Waals surface area contributed by atoms with Crippen molar-refractivity contribution in [3.8, 4) is 22.4 Å². The molecule has 5 heteroatoms. The Morgan fingerprint density at radius 1 is 0.893 bits per heavy atom. The molecule has 0 saturated carbocycles. The number of nitrogens with zero attached hydrogens (tertiary/aromatic N) is 2. The monoisotopic (exact) mass is 385 g/mol. The quantitative estimate of drug-likeness (QED) is 0.344. The molecule has 0 aliphatic rings. The van der Waals surface area contributed by atoms with Gasteiger partial charge in [-0.05, 0) is 16.7 Å². The topological polar surface area (TPSA) is 57.5 Å². The second-order valence-corrected chi connectivity index (χ2v) is 7.03. The van der Waals surface area contributed by atoms with Gasteiger partial charge in [0.25, 0.3) is 0 Å². The summed E-state index contributed by atoms with van der Waals surface area (Å²) in [6.45, 7) is 0.00127. The Morgan fingerprint density at radius 3 is 2.43 bits per heavy atom. The molecule has 0 unspecified atom stereocenters. The molecule has 0 aliphatic carbocycles. The third kappa shape index (κ3) is 4.01. The fourth-order valence-corrected chi connectivity index (χ4v) is 3.67. The Kier molecular flexibility index (Phi) is 5.56. The molecular weight excluding hydrogens is 366 g/mol. The van der Waals surface area contributed by atoms with Crippen LogP contribution in [0.1, 0.15) is 11.1 Å². The van der Waals surface area contributed by atoms with Gasteiger partial charge in [0.15, 0.2) is 0 Å². The van der Waals surface area contributed by atoms with Crippen LogP contribution < -0.4 is 5.43 Å². The highest BCUT2D eigenvalue weighted by molar-refractivity contribution is 7.14. The minimum absolute atomic E-state index is 0.00127. The maximum Gasteiger partial charge on any atom is 0.203 e. The van der Waals surface area contributed by atoms with Crippen LogP contribution >= 0.6 is 11.3 Å². The fraction of sp³-hybridized carbons (Fsp3) is 0.0435. The zero-order chi connectivity index (χ0) is 19.2. The van der Waals surface area contributed by atoms with Crippen molar-refractivity contribution in [2.45, 2.75) is 6.61 Å². The van der Waals surface area contributed by atoms with Crippen LogP contribution in [0.2, 0.25) is 0 Å². The van der Waals surface area contributed by atoms with E-state index in [-0.39, 0.29) is 6.61 Å². The first-order chi connectivity index (χ1) is 13.8. The Morgan fingerprint density at radius 2 is 1.61 bits per heavy atom. The van der Waals surface area contributed by atoms with E-state index in [1.54, 1.807) is 6.21 Å². The zero-order valence-corrected chi connectivity index (χ0v) is 15.9. The summed E-state index contributed by atoms with van der Waals surface area (Å²) in [6.07, 6.45) is 1.78. The number of anilines is 1. The predicted octanol–water partition coefficient (Wildman–Crippen LogP) is 5.42. The number of hydrogen-bond donors (Lipinski definition) is 2. The Labute approximate surface area is 167 Å². The number of aliphatic hydroxyl groups excluding tert-OH is 1. The van der Waals surface area contributed by atoms with E-state index in [9.17, 15) is 5.11 Å². The van der Waals surface area contributed by atoms with Crippen LogP contribution in [0.3, 0.4) is 0 Å². The molecule has 0 saturated heterocycles. The second kappa shape index (κ2) is 8.61. The van der Waals surface area contributed by atoms with Gasteiger partial charge in [0.05, 0.1) is 18.5 Å². The molecule has 0 spiro atoms. The van der Waals surface area contributed by atoms with Crippen molar-refractivity contribution < 1.29 is 5.11 Å². The van der Waals surface area contributed by atoms with Gasteiger partial charge in [0, 0.05) is 16.5 Å². The Bertz CT molecular complexity index is 1090. The fourth-order valence-electron chi connectivity index (χ4n) is 3.00. The number of hydrogen-bond acceptors (Lipinski definition) is 5. The largest absolute Gasteiger partial charge is 0.392 e. The second-order valence-electron chi connectivity index (χ2n) is 6.18. The summed E-state index contributed by atoms with van der Waals surface area (Å²) in [5.74, 6) is 0. The van der Waals surface area contributed by atoms with E-state index in [2.05, 4.69) is 15.5 Å². The average Bonchev–Trinajstić information content (AvgIpc) is 3.24. The molecule has 4 rings (SSSR count). The molecule has 0 atom stereocenters. The lowest BCUT2D eigenvalue weighted by Crippen LogP contribution is -1.95. The summed E-state index contributed by atoms with van der Waals surface area (Å²) < 4.78 is 0. The summed E-state index contributed by atoms with van der Waals surface area (Å²) in [6, 6.07) is 25.9. The van der Waals surface area contributed by atoms with Crippen molar-refractivity contribution in [3.63, 3.8) is 0 Å². The van der Waals surface area contributed by atoms with Gasteiger partial charge in [-0.3, -0.25) is 5.43 Å². The molecule has 0 fully saturated rings. The van der Waals surface area contributed by atoms with Gasteiger partial charge in [-0.2, -0.15) is 5.10 Å². The third-order valence-electron chi connectivity index (χ3n) is 4.38. The van der Waals surface area contributed by atoms with Gasteiger partial charge in [-0.1, -0.05) is 78.9 Å². The number of aromatic nitrogens is 1. The molecule has 1 aromatic heterocycles. The predicted molar refractivity (Wildman–Crippen MR) is 117 cm³/mol. The standard InChI is InChI=1S/C23H19N3OS/c27-15-19-11-5-7-13-21(19)20-12-6-4-10-18(20)14-24-26-23-25-22(16-28-23)17-8-2-1-3-9-17/h1-14,16,27H,15H2,(H,25,26). The van der Waals surface area contributed by atoms with Crippen molar-refractivity contribution in [1.29, 1.82) is 0 Å². The number of benzene rings is 3. The molecule has 0 radical (unpaired) electrons. The number of aliphatic hydroxyl groups is 1. The van der Waals surface area contributed by atoms with E-state index in [0.29, 0.717) is 0 Å². The highest BCUT2D eigenvalue weighted by atomic mass is 32.1. The lowest BCUT2D eigenvalue weighted by atomic mass is 9.96. The Hall–Kier alpha value is -3.28. The zero-order valence-electron chi connectivity index (χ0n) is 15.1. The summed E-state index contributed by atoms with van der Waals surface area (Å²) in [5, 5.41) is 16.8. The van der Waals surface area contributed by atoms with Gasteiger partial charge in [0.2, 0.25) is 5.13 Å². The molecule has 4 nitrogen and oxygen atoms in total.